The fourth-order valence-electron chi connectivity index (χ4n) is 1.48. The number of aliphatic hydroxyl groups excluding tert-OH is 1. The highest BCUT2D eigenvalue weighted by molar-refractivity contribution is 5.87. The van der Waals surface area contributed by atoms with Gasteiger partial charge in [-0.2, -0.15) is 0 Å². The Morgan fingerprint density at radius 1 is 1.31 bits per heavy atom. The molecular formula is C10H17NO2. The Labute approximate surface area is 79.0 Å². The second-order valence-corrected chi connectivity index (χ2v) is 3.30. The molecule has 1 amide bonds. The van der Waals surface area contributed by atoms with Crippen molar-refractivity contribution < 1.29 is 9.90 Å². The molecular weight excluding hydrogens is 166 g/mol. The highest BCUT2D eigenvalue weighted by Gasteiger charge is 2.13. The maximum atomic E-state index is 11.4. The number of amides is 1. The van der Waals surface area contributed by atoms with Crippen molar-refractivity contribution >= 4 is 5.91 Å². The van der Waals surface area contributed by atoms with Gasteiger partial charge in [0.1, 0.15) is 0 Å². The first-order valence-corrected chi connectivity index (χ1v) is 4.91. The summed E-state index contributed by atoms with van der Waals surface area (Å²) in [5.74, 6) is 0.0909. The van der Waals surface area contributed by atoms with Gasteiger partial charge in [-0.05, 0) is 31.8 Å². The normalized spacial score (nSPS) is 18.1. The third kappa shape index (κ3) is 3.59. The number of hydrogen-bond donors (Lipinski definition) is 1. The summed E-state index contributed by atoms with van der Waals surface area (Å²) in [6, 6.07) is 0. The van der Waals surface area contributed by atoms with E-state index in [0.717, 1.165) is 25.9 Å². The highest BCUT2D eigenvalue weighted by Crippen LogP contribution is 2.08. The van der Waals surface area contributed by atoms with Crippen LogP contribution in [-0.2, 0) is 4.79 Å². The standard InChI is InChI=1S/C10H17NO2/c12-9-5-2-6-10(13)11-7-3-1-4-8-11/h2,6,12H,1,3-5,7-9H2/b6-2+. The molecule has 0 unspecified atom stereocenters. The lowest BCUT2D eigenvalue weighted by atomic mass is 10.1. The molecule has 3 nitrogen and oxygen atoms in total. The van der Waals surface area contributed by atoms with Crippen LogP contribution in [0.2, 0.25) is 0 Å². The zero-order valence-electron chi connectivity index (χ0n) is 7.91. The van der Waals surface area contributed by atoms with Crippen LogP contribution in [0, 0.1) is 0 Å². The van der Waals surface area contributed by atoms with Gasteiger partial charge in [0.25, 0.3) is 0 Å². The van der Waals surface area contributed by atoms with Crippen LogP contribution < -0.4 is 0 Å². The smallest absolute Gasteiger partial charge is 0.246 e. The van der Waals surface area contributed by atoms with Crippen molar-refractivity contribution in [2.75, 3.05) is 19.7 Å². The van der Waals surface area contributed by atoms with Crippen molar-refractivity contribution in [2.24, 2.45) is 0 Å². The molecule has 0 radical (unpaired) electrons. The number of aliphatic hydroxyl groups is 1. The van der Waals surface area contributed by atoms with Crippen LogP contribution in [-0.4, -0.2) is 35.6 Å². The van der Waals surface area contributed by atoms with Gasteiger partial charge in [0.2, 0.25) is 5.91 Å². The summed E-state index contributed by atoms with van der Waals surface area (Å²) in [6.07, 6.45) is 7.36. The van der Waals surface area contributed by atoms with Crippen LogP contribution in [0.1, 0.15) is 25.7 Å². The number of carbonyl (C=O) groups is 1. The van der Waals surface area contributed by atoms with E-state index in [1.54, 1.807) is 12.2 Å². The molecule has 0 aliphatic carbocycles. The first kappa shape index (κ1) is 10.3. The molecule has 3 heteroatoms. The second-order valence-electron chi connectivity index (χ2n) is 3.30. The molecule has 1 aliphatic rings. The van der Waals surface area contributed by atoms with Crippen LogP contribution in [0.4, 0.5) is 0 Å². The maximum Gasteiger partial charge on any atom is 0.246 e. The number of piperidine rings is 1. The third-order valence-corrected chi connectivity index (χ3v) is 2.22. The Morgan fingerprint density at radius 3 is 2.62 bits per heavy atom. The Hall–Kier alpha value is -0.830. The molecule has 1 N–H and O–H groups in total. The topological polar surface area (TPSA) is 40.5 Å². The fourth-order valence-corrected chi connectivity index (χ4v) is 1.48. The van der Waals surface area contributed by atoms with Crippen molar-refractivity contribution in [3.8, 4) is 0 Å². The van der Waals surface area contributed by atoms with Crippen LogP contribution in [0.25, 0.3) is 0 Å². The molecule has 1 aliphatic heterocycles. The minimum absolute atomic E-state index is 0.0909. The molecule has 0 saturated carbocycles. The average Bonchev–Trinajstić information content (AvgIpc) is 2.19. The van der Waals surface area contributed by atoms with E-state index in [-0.39, 0.29) is 12.5 Å². The Bertz CT molecular complexity index is 183. The second kappa shape index (κ2) is 5.75. The molecule has 0 spiro atoms. The number of rotatable bonds is 3. The van der Waals surface area contributed by atoms with E-state index in [1.165, 1.54) is 6.42 Å². The van der Waals surface area contributed by atoms with Gasteiger partial charge in [-0.15, -0.1) is 0 Å². The minimum atomic E-state index is 0.0909. The van der Waals surface area contributed by atoms with Crippen LogP contribution in [0.15, 0.2) is 12.2 Å². The lowest BCUT2D eigenvalue weighted by molar-refractivity contribution is -0.126. The Morgan fingerprint density at radius 2 is 2.00 bits per heavy atom. The molecule has 1 fully saturated rings. The van der Waals surface area contributed by atoms with E-state index >= 15 is 0 Å². The zero-order chi connectivity index (χ0) is 9.52. The monoisotopic (exact) mass is 183 g/mol. The first-order valence-electron chi connectivity index (χ1n) is 4.91. The van der Waals surface area contributed by atoms with Gasteiger partial charge in [0.05, 0.1) is 0 Å². The molecule has 13 heavy (non-hydrogen) atoms. The molecule has 0 bridgehead atoms. The predicted molar refractivity (Wildman–Crippen MR) is 51.3 cm³/mol. The SMILES string of the molecule is O=C(/C=C/CCO)N1CCCCC1. The van der Waals surface area contributed by atoms with Gasteiger partial charge in [-0.3, -0.25) is 4.79 Å². The molecule has 1 heterocycles. The van der Waals surface area contributed by atoms with Crippen molar-refractivity contribution in [3.63, 3.8) is 0 Å². The summed E-state index contributed by atoms with van der Waals surface area (Å²) >= 11 is 0. The third-order valence-electron chi connectivity index (χ3n) is 2.22. The van der Waals surface area contributed by atoms with E-state index in [4.69, 9.17) is 5.11 Å². The van der Waals surface area contributed by atoms with E-state index in [2.05, 4.69) is 0 Å². The number of likely N-dealkylation sites (tertiary alicyclic amines) is 1. The molecule has 0 aromatic carbocycles. The minimum Gasteiger partial charge on any atom is -0.396 e. The molecule has 0 atom stereocenters. The summed E-state index contributed by atoms with van der Waals surface area (Å²) in [4.78, 5) is 13.3. The van der Waals surface area contributed by atoms with E-state index < -0.39 is 0 Å². The van der Waals surface area contributed by atoms with Gasteiger partial charge < -0.3 is 10.0 Å². The van der Waals surface area contributed by atoms with Crippen molar-refractivity contribution in [2.45, 2.75) is 25.7 Å². The van der Waals surface area contributed by atoms with Crippen molar-refractivity contribution in [1.82, 2.24) is 4.90 Å². The number of hydrogen-bond acceptors (Lipinski definition) is 2. The highest BCUT2D eigenvalue weighted by atomic mass is 16.2. The average molecular weight is 183 g/mol. The maximum absolute atomic E-state index is 11.4. The van der Waals surface area contributed by atoms with Crippen LogP contribution >= 0.6 is 0 Å². The molecule has 1 rings (SSSR count). The Balaban J connectivity index is 2.28. The summed E-state index contributed by atoms with van der Waals surface area (Å²) in [6.45, 7) is 1.90. The van der Waals surface area contributed by atoms with E-state index in [1.807, 2.05) is 4.90 Å². The summed E-state index contributed by atoms with van der Waals surface area (Å²) in [5, 5.41) is 8.51. The molecule has 74 valence electrons. The van der Waals surface area contributed by atoms with Crippen LogP contribution in [0.5, 0.6) is 0 Å². The first-order chi connectivity index (χ1) is 6.34. The van der Waals surface area contributed by atoms with Gasteiger partial charge in [-0.25, -0.2) is 0 Å². The van der Waals surface area contributed by atoms with Gasteiger partial charge in [0.15, 0.2) is 0 Å². The summed E-state index contributed by atoms with van der Waals surface area (Å²) < 4.78 is 0. The van der Waals surface area contributed by atoms with Crippen molar-refractivity contribution in [1.29, 1.82) is 0 Å². The summed E-state index contributed by atoms with van der Waals surface area (Å²) in [7, 11) is 0. The number of carbonyl (C=O) groups excluding carboxylic acids is 1. The fraction of sp³-hybridized carbons (Fsp3) is 0.700. The van der Waals surface area contributed by atoms with Crippen molar-refractivity contribution in [3.05, 3.63) is 12.2 Å². The van der Waals surface area contributed by atoms with Gasteiger partial charge in [0, 0.05) is 19.7 Å². The summed E-state index contributed by atoms with van der Waals surface area (Å²) in [5.41, 5.74) is 0. The molecule has 0 aromatic rings. The van der Waals surface area contributed by atoms with E-state index in [0.29, 0.717) is 6.42 Å². The zero-order valence-corrected chi connectivity index (χ0v) is 7.91. The van der Waals surface area contributed by atoms with Crippen LogP contribution in [0.3, 0.4) is 0 Å². The number of nitrogens with zero attached hydrogens (tertiary/aromatic N) is 1. The predicted octanol–water partition coefficient (Wildman–Crippen LogP) is 0.938. The van der Waals surface area contributed by atoms with E-state index in [9.17, 15) is 4.79 Å². The van der Waals surface area contributed by atoms with Gasteiger partial charge >= 0.3 is 0 Å². The lowest BCUT2D eigenvalue weighted by Crippen LogP contribution is -2.34. The largest absolute Gasteiger partial charge is 0.396 e. The Kier molecular flexibility index (Phi) is 4.54. The molecule has 1 saturated heterocycles. The molecule has 0 aromatic heterocycles. The quantitative estimate of drug-likeness (QED) is 0.661. The lowest BCUT2D eigenvalue weighted by Gasteiger charge is -2.25. The van der Waals surface area contributed by atoms with Gasteiger partial charge in [-0.1, -0.05) is 6.08 Å².